The highest BCUT2D eigenvalue weighted by Gasteiger charge is 2.28. The molecular formula is C20H25N3O2. The van der Waals surface area contributed by atoms with Gasteiger partial charge >= 0.3 is 0 Å². The van der Waals surface area contributed by atoms with E-state index < -0.39 is 0 Å². The molecule has 1 aromatic carbocycles. The van der Waals surface area contributed by atoms with Crippen LogP contribution in [0.5, 0.6) is 0 Å². The summed E-state index contributed by atoms with van der Waals surface area (Å²) < 4.78 is 5.39. The molecule has 132 valence electrons. The number of carbonyl (C=O) groups excluding carboxylic acids is 1. The molecule has 0 radical (unpaired) electrons. The summed E-state index contributed by atoms with van der Waals surface area (Å²) in [6, 6.07) is 10.4. The maximum Gasteiger partial charge on any atom is 0.225 e. The summed E-state index contributed by atoms with van der Waals surface area (Å²) in [6.45, 7) is 4.85. The molecule has 5 nitrogen and oxygen atoms in total. The molecule has 2 aromatic rings. The van der Waals surface area contributed by atoms with E-state index in [1.54, 1.807) is 0 Å². The van der Waals surface area contributed by atoms with Gasteiger partial charge in [-0.3, -0.25) is 4.79 Å². The SMILES string of the molecule is O=C(C1CCOCC1)N1CCCN(c2nccc3ccccc23)CC1. The van der Waals surface area contributed by atoms with Crippen molar-refractivity contribution in [2.24, 2.45) is 5.92 Å². The average molecular weight is 339 g/mol. The van der Waals surface area contributed by atoms with Crippen LogP contribution in [0.15, 0.2) is 36.5 Å². The Morgan fingerprint density at radius 1 is 1.04 bits per heavy atom. The number of hydrogen-bond acceptors (Lipinski definition) is 4. The lowest BCUT2D eigenvalue weighted by atomic mass is 9.98. The van der Waals surface area contributed by atoms with E-state index in [9.17, 15) is 4.79 Å². The molecule has 1 amide bonds. The number of amides is 1. The summed E-state index contributed by atoms with van der Waals surface area (Å²) in [6.07, 6.45) is 4.60. The first-order valence-electron chi connectivity index (χ1n) is 9.28. The van der Waals surface area contributed by atoms with Crippen LogP contribution < -0.4 is 4.90 Å². The summed E-state index contributed by atoms with van der Waals surface area (Å²) in [4.78, 5) is 21.8. The zero-order valence-electron chi connectivity index (χ0n) is 14.6. The van der Waals surface area contributed by atoms with E-state index in [0.717, 1.165) is 64.5 Å². The maximum atomic E-state index is 12.8. The van der Waals surface area contributed by atoms with Gasteiger partial charge in [0.05, 0.1) is 0 Å². The van der Waals surface area contributed by atoms with Gasteiger partial charge < -0.3 is 14.5 Å². The van der Waals surface area contributed by atoms with E-state index in [2.05, 4.69) is 45.1 Å². The highest BCUT2D eigenvalue weighted by atomic mass is 16.5. The second kappa shape index (κ2) is 7.40. The van der Waals surface area contributed by atoms with Gasteiger partial charge in [0, 0.05) is 56.9 Å². The third-order valence-corrected chi connectivity index (χ3v) is 5.33. The van der Waals surface area contributed by atoms with Crippen molar-refractivity contribution in [3.8, 4) is 0 Å². The van der Waals surface area contributed by atoms with Crippen LogP contribution in [0.1, 0.15) is 19.3 Å². The number of ether oxygens (including phenoxy) is 1. The fourth-order valence-corrected chi connectivity index (χ4v) is 3.91. The molecule has 3 heterocycles. The van der Waals surface area contributed by atoms with Crippen LogP contribution in [0.2, 0.25) is 0 Å². The summed E-state index contributed by atoms with van der Waals surface area (Å²) in [7, 11) is 0. The molecule has 25 heavy (non-hydrogen) atoms. The zero-order chi connectivity index (χ0) is 17.1. The standard InChI is InChI=1S/C20H25N3O2/c24-20(17-7-14-25-15-8-17)23-11-3-10-22(12-13-23)19-18-5-2-1-4-16(18)6-9-21-19/h1-2,4-6,9,17H,3,7-8,10-15H2. The Bertz CT molecular complexity index is 737. The summed E-state index contributed by atoms with van der Waals surface area (Å²) in [5.74, 6) is 1.51. The number of carbonyl (C=O) groups is 1. The molecule has 0 bridgehead atoms. The Balaban J connectivity index is 1.48. The molecule has 0 unspecified atom stereocenters. The minimum Gasteiger partial charge on any atom is -0.381 e. The van der Waals surface area contributed by atoms with Gasteiger partial charge in [-0.15, -0.1) is 0 Å². The van der Waals surface area contributed by atoms with Gasteiger partial charge in [0.1, 0.15) is 5.82 Å². The van der Waals surface area contributed by atoms with Crippen molar-refractivity contribution < 1.29 is 9.53 Å². The van der Waals surface area contributed by atoms with Crippen LogP contribution in [-0.4, -0.2) is 55.2 Å². The Morgan fingerprint density at radius 3 is 2.76 bits per heavy atom. The van der Waals surface area contributed by atoms with Gasteiger partial charge in [-0.05, 0) is 30.7 Å². The number of fused-ring (bicyclic) bond motifs is 1. The molecule has 2 aliphatic rings. The van der Waals surface area contributed by atoms with Gasteiger partial charge in [0.2, 0.25) is 5.91 Å². The lowest BCUT2D eigenvalue weighted by Crippen LogP contribution is -2.40. The van der Waals surface area contributed by atoms with Crippen molar-refractivity contribution in [1.82, 2.24) is 9.88 Å². The van der Waals surface area contributed by atoms with Gasteiger partial charge in [0.15, 0.2) is 0 Å². The van der Waals surface area contributed by atoms with Crippen molar-refractivity contribution in [2.75, 3.05) is 44.3 Å². The molecule has 0 saturated carbocycles. The molecule has 0 spiro atoms. The first kappa shape index (κ1) is 16.3. The van der Waals surface area contributed by atoms with E-state index in [0.29, 0.717) is 5.91 Å². The molecule has 5 heteroatoms. The third kappa shape index (κ3) is 3.47. The van der Waals surface area contributed by atoms with Crippen LogP contribution in [-0.2, 0) is 9.53 Å². The first-order chi connectivity index (χ1) is 12.3. The summed E-state index contributed by atoms with van der Waals surface area (Å²) in [5, 5.41) is 2.40. The maximum absolute atomic E-state index is 12.8. The van der Waals surface area contributed by atoms with Crippen LogP contribution in [0.3, 0.4) is 0 Å². The lowest BCUT2D eigenvalue weighted by molar-refractivity contribution is -0.138. The monoisotopic (exact) mass is 339 g/mol. The largest absolute Gasteiger partial charge is 0.381 e. The fraction of sp³-hybridized carbons (Fsp3) is 0.500. The smallest absolute Gasteiger partial charge is 0.225 e. The van der Waals surface area contributed by atoms with Crippen molar-refractivity contribution >= 4 is 22.5 Å². The number of pyridine rings is 1. The molecular weight excluding hydrogens is 314 g/mol. The van der Waals surface area contributed by atoms with Gasteiger partial charge in [-0.25, -0.2) is 4.98 Å². The third-order valence-electron chi connectivity index (χ3n) is 5.33. The van der Waals surface area contributed by atoms with E-state index in [1.807, 2.05) is 6.20 Å². The number of hydrogen-bond donors (Lipinski definition) is 0. The predicted molar refractivity (Wildman–Crippen MR) is 98.7 cm³/mol. The molecule has 0 atom stereocenters. The number of benzene rings is 1. The van der Waals surface area contributed by atoms with Gasteiger partial charge in [-0.1, -0.05) is 24.3 Å². The topological polar surface area (TPSA) is 45.7 Å². The minimum atomic E-state index is 0.149. The van der Waals surface area contributed by atoms with Crippen LogP contribution in [0.25, 0.3) is 10.8 Å². The van der Waals surface area contributed by atoms with Crippen molar-refractivity contribution in [3.05, 3.63) is 36.5 Å². The summed E-state index contributed by atoms with van der Waals surface area (Å²) >= 11 is 0. The fourth-order valence-electron chi connectivity index (χ4n) is 3.91. The van der Waals surface area contributed by atoms with Crippen LogP contribution in [0, 0.1) is 5.92 Å². The van der Waals surface area contributed by atoms with Crippen LogP contribution >= 0.6 is 0 Å². The number of aromatic nitrogens is 1. The molecule has 2 saturated heterocycles. The molecule has 0 aliphatic carbocycles. The van der Waals surface area contributed by atoms with E-state index in [4.69, 9.17) is 4.74 Å². The van der Waals surface area contributed by atoms with Crippen LogP contribution in [0.4, 0.5) is 5.82 Å². The van der Waals surface area contributed by atoms with E-state index in [-0.39, 0.29) is 5.92 Å². The lowest BCUT2D eigenvalue weighted by Gasteiger charge is -2.28. The number of nitrogens with zero attached hydrogens (tertiary/aromatic N) is 3. The number of anilines is 1. The second-order valence-electron chi connectivity index (χ2n) is 6.91. The molecule has 2 aliphatic heterocycles. The molecule has 4 rings (SSSR count). The average Bonchev–Trinajstić information content (AvgIpc) is 2.94. The van der Waals surface area contributed by atoms with E-state index >= 15 is 0 Å². The second-order valence-corrected chi connectivity index (χ2v) is 6.91. The van der Waals surface area contributed by atoms with Crippen molar-refractivity contribution in [3.63, 3.8) is 0 Å². The van der Waals surface area contributed by atoms with Gasteiger partial charge in [0.25, 0.3) is 0 Å². The number of rotatable bonds is 2. The Labute approximate surface area is 148 Å². The predicted octanol–water partition coefficient (Wildman–Crippen LogP) is 2.70. The highest BCUT2D eigenvalue weighted by Crippen LogP contribution is 2.25. The van der Waals surface area contributed by atoms with Crippen molar-refractivity contribution in [2.45, 2.75) is 19.3 Å². The molecule has 2 fully saturated rings. The van der Waals surface area contributed by atoms with Crippen molar-refractivity contribution in [1.29, 1.82) is 0 Å². The Kier molecular flexibility index (Phi) is 4.83. The Morgan fingerprint density at radius 2 is 1.88 bits per heavy atom. The Hall–Kier alpha value is -2.14. The summed E-state index contributed by atoms with van der Waals surface area (Å²) in [5.41, 5.74) is 0. The molecule has 0 N–H and O–H groups in total. The van der Waals surface area contributed by atoms with E-state index in [1.165, 1.54) is 10.8 Å². The minimum absolute atomic E-state index is 0.149. The highest BCUT2D eigenvalue weighted by molar-refractivity contribution is 5.92. The zero-order valence-corrected chi connectivity index (χ0v) is 14.6. The van der Waals surface area contributed by atoms with Gasteiger partial charge in [-0.2, -0.15) is 0 Å². The first-order valence-corrected chi connectivity index (χ1v) is 9.28. The normalized spacial score (nSPS) is 19.8. The quantitative estimate of drug-likeness (QED) is 0.844. The molecule has 1 aromatic heterocycles.